The number of rotatable bonds is 5. The molecule has 1 aliphatic rings. The summed E-state index contributed by atoms with van der Waals surface area (Å²) in [5.41, 5.74) is 6.84. The minimum absolute atomic E-state index is 0.152. The first-order valence-corrected chi connectivity index (χ1v) is 7.76. The number of pyridine rings is 2. The molecule has 0 saturated heterocycles. The van der Waals surface area contributed by atoms with Crippen molar-refractivity contribution in [1.82, 2.24) is 15.3 Å². The largest absolute Gasteiger partial charge is 0.495 e. The van der Waals surface area contributed by atoms with Crippen molar-refractivity contribution in [3.63, 3.8) is 0 Å². The van der Waals surface area contributed by atoms with Gasteiger partial charge in [-0.1, -0.05) is 0 Å². The normalized spacial score (nSPS) is 20.8. The highest BCUT2D eigenvalue weighted by atomic mass is 16.5. The average Bonchev–Trinajstić information content (AvgIpc) is 2.57. The molecule has 1 fully saturated rings. The molecule has 24 heavy (non-hydrogen) atoms. The lowest BCUT2D eigenvalue weighted by Crippen LogP contribution is -2.41. The summed E-state index contributed by atoms with van der Waals surface area (Å²) >= 11 is 0. The lowest BCUT2D eigenvalue weighted by atomic mass is 9.75. The van der Waals surface area contributed by atoms with E-state index in [9.17, 15) is 9.90 Å². The second-order valence-corrected chi connectivity index (χ2v) is 5.97. The first-order chi connectivity index (χ1) is 11.6. The van der Waals surface area contributed by atoms with E-state index in [1.807, 2.05) is 6.07 Å². The number of carbonyl (C=O) groups is 1. The highest BCUT2D eigenvalue weighted by molar-refractivity contribution is 5.94. The zero-order valence-corrected chi connectivity index (χ0v) is 13.3. The first-order valence-electron chi connectivity index (χ1n) is 7.76. The second kappa shape index (κ2) is 6.84. The number of carbonyl (C=O) groups excluding carboxylic acids is 1. The van der Waals surface area contributed by atoms with Gasteiger partial charge in [0.1, 0.15) is 11.6 Å². The Bertz CT molecular complexity index is 714. The van der Waals surface area contributed by atoms with Gasteiger partial charge in [0.2, 0.25) is 0 Å². The quantitative estimate of drug-likeness (QED) is 0.763. The zero-order chi connectivity index (χ0) is 17.1. The second-order valence-electron chi connectivity index (χ2n) is 5.97. The van der Waals surface area contributed by atoms with Crippen LogP contribution in [0.2, 0.25) is 0 Å². The smallest absolute Gasteiger partial charge is 0.253 e. The number of anilines is 1. The molecule has 0 aliphatic heterocycles. The van der Waals surface area contributed by atoms with Crippen LogP contribution in [-0.2, 0) is 0 Å². The Morgan fingerprint density at radius 2 is 2.17 bits per heavy atom. The Balaban J connectivity index is 1.82. The summed E-state index contributed by atoms with van der Waals surface area (Å²) < 4.78 is 5.21. The van der Waals surface area contributed by atoms with Crippen molar-refractivity contribution in [1.29, 1.82) is 0 Å². The molecule has 3 rings (SSSR count). The third-order valence-electron chi connectivity index (χ3n) is 4.29. The lowest BCUT2D eigenvalue weighted by Gasteiger charge is -2.38. The first kappa shape index (κ1) is 16.2. The standard InChI is InChI=1S/C17H20N4O3/c1-24-14-6-12(7-19-9-14)16(11-4-13(22)5-11)21-17(23)10-2-3-15(18)20-8-10/h2-3,6-9,11,13,16,22H,4-5H2,1H3,(H2,18,20)(H,21,23). The average molecular weight is 328 g/mol. The number of amides is 1. The van der Waals surface area contributed by atoms with Crippen LogP contribution >= 0.6 is 0 Å². The van der Waals surface area contributed by atoms with Gasteiger partial charge in [0, 0.05) is 12.4 Å². The predicted octanol–water partition coefficient (Wildman–Crippen LogP) is 1.31. The topological polar surface area (TPSA) is 110 Å². The number of methoxy groups -OCH3 is 1. The maximum atomic E-state index is 12.5. The molecule has 7 nitrogen and oxygen atoms in total. The number of aliphatic hydroxyl groups excluding tert-OH is 1. The fourth-order valence-electron chi connectivity index (χ4n) is 2.86. The molecule has 1 aliphatic carbocycles. The molecule has 126 valence electrons. The van der Waals surface area contributed by atoms with Crippen LogP contribution in [0, 0.1) is 5.92 Å². The van der Waals surface area contributed by atoms with Gasteiger partial charge in [-0.2, -0.15) is 0 Å². The molecule has 1 unspecified atom stereocenters. The molecule has 2 aromatic heterocycles. The number of ether oxygens (including phenoxy) is 1. The molecule has 2 aromatic rings. The molecule has 1 atom stereocenters. The van der Waals surface area contributed by atoms with E-state index in [4.69, 9.17) is 10.5 Å². The number of aliphatic hydroxyl groups is 1. The van der Waals surface area contributed by atoms with Gasteiger partial charge < -0.3 is 20.9 Å². The van der Waals surface area contributed by atoms with Gasteiger partial charge in [-0.25, -0.2) is 4.98 Å². The van der Waals surface area contributed by atoms with Gasteiger partial charge in [0.05, 0.1) is 31.0 Å². The third-order valence-corrected chi connectivity index (χ3v) is 4.29. The van der Waals surface area contributed by atoms with Crippen molar-refractivity contribution < 1.29 is 14.6 Å². The number of nitrogens with one attached hydrogen (secondary N) is 1. The lowest BCUT2D eigenvalue weighted by molar-refractivity contribution is 0.0234. The highest BCUT2D eigenvalue weighted by Crippen LogP contribution is 2.38. The zero-order valence-electron chi connectivity index (χ0n) is 13.3. The maximum Gasteiger partial charge on any atom is 0.253 e. The summed E-state index contributed by atoms with van der Waals surface area (Å²) in [6.45, 7) is 0. The summed E-state index contributed by atoms with van der Waals surface area (Å²) in [7, 11) is 1.57. The van der Waals surface area contributed by atoms with E-state index in [-0.39, 0.29) is 24.0 Å². The molecular formula is C17H20N4O3. The summed E-state index contributed by atoms with van der Waals surface area (Å²) in [6, 6.07) is 4.82. The number of hydrogen-bond donors (Lipinski definition) is 3. The Morgan fingerprint density at radius 1 is 1.38 bits per heavy atom. The number of nitrogens with zero attached hydrogens (tertiary/aromatic N) is 2. The predicted molar refractivity (Wildman–Crippen MR) is 88.4 cm³/mol. The van der Waals surface area contributed by atoms with Crippen molar-refractivity contribution in [2.75, 3.05) is 12.8 Å². The van der Waals surface area contributed by atoms with Crippen LogP contribution < -0.4 is 15.8 Å². The van der Waals surface area contributed by atoms with Gasteiger partial charge in [-0.15, -0.1) is 0 Å². The monoisotopic (exact) mass is 328 g/mol. The van der Waals surface area contributed by atoms with Crippen molar-refractivity contribution >= 4 is 11.7 Å². The van der Waals surface area contributed by atoms with Crippen LogP contribution in [0.3, 0.4) is 0 Å². The van der Waals surface area contributed by atoms with Crippen molar-refractivity contribution in [2.24, 2.45) is 5.92 Å². The van der Waals surface area contributed by atoms with Gasteiger partial charge in [0.25, 0.3) is 5.91 Å². The van der Waals surface area contributed by atoms with E-state index in [1.165, 1.54) is 6.20 Å². The Morgan fingerprint density at radius 3 is 2.79 bits per heavy atom. The van der Waals surface area contributed by atoms with Gasteiger partial charge in [-0.3, -0.25) is 9.78 Å². The molecule has 0 aromatic carbocycles. The molecular weight excluding hydrogens is 308 g/mol. The Labute approximate surface area is 139 Å². The van der Waals surface area contributed by atoms with E-state index >= 15 is 0 Å². The summed E-state index contributed by atoms with van der Waals surface area (Å²) in [6.07, 6.45) is 5.73. The van der Waals surface area contributed by atoms with Crippen LogP contribution in [0.5, 0.6) is 5.75 Å². The fraction of sp³-hybridized carbons (Fsp3) is 0.353. The maximum absolute atomic E-state index is 12.5. The van der Waals surface area contributed by atoms with E-state index < -0.39 is 0 Å². The SMILES string of the molecule is COc1cncc(C(NC(=O)c2ccc(N)nc2)C2CC(O)C2)c1. The third kappa shape index (κ3) is 3.46. The van der Waals surface area contributed by atoms with Crippen LogP contribution in [0.1, 0.15) is 34.8 Å². The van der Waals surface area contributed by atoms with Crippen LogP contribution in [-0.4, -0.2) is 34.2 Å². The molecule has 1 saturated carbocycles. The fourth-order valence-corrected chi connectivity index (χ4v) is 2.86. The van der Waals surface area contributed by atoms with Gasteiger partial charge in [-0.05, 0) is 42.5 Å². The molecule has 0 spiro atoms. The van der Waals surface area contributed by atoms with Crippen LogP contribution in [0.25, 0.3) is 0 Å². The van der Waals surface area contributed by atoms with Crippen molar-refractivity contribution in [2.45, 2.75) is 25.0 Å². The molecule has 1 amide bonds. The van der Waals surface area contributed by atoms with Crippen LogP contribution in [0.4, 0.5) is 5.82 Å². The Hall–Kier alpha value is -2.67. The minimum Gasteiger partial charge on any atom is -0.495 e. The Kier molecular flexibility index (Phi) is 4.61. The summed E-state index contributed by atoms with van der Waals surface area (Å²) in [4.78, 5) is 20.6. The minimum atomic E-state index is -0.314. The van der Waals surface area contributed by atoms with E-state index in [0.29, 0.717) is 30.0 Å². The molecule has 2 heterocycles. The highest BCUT2D eigenvalue weighted by Gasteiger charge is 2.36. The summed E-state index contributed by atoms with van der Waals surface area (Å²) in [5.74, 6) is 0.902. The van der Waals surface area contributed by atoms with Crippen molar-refractivity contribution in [3.8, 4) is 5.75 Å². The summed E-state index contributed by atoms with van der Waals surface area (Å²) in [5, 5.41) is 12.6. The molecule has 0 bridgehead atoms. The van der Waals surface area contributed by atoms with Gasteiger partial charge >= 0.3 is 0 Å². The molecule has 4 N–H and O–H groups in total. The van der Waals surface area contributed by atoms with Crippen molar-refractivity contribution in [3.05, 3.63) is 47.9 Å². The number of nitrogen functional groups attached to an aromatic ring is 1. The van der Waals surface area contributed by atoms with E-state index in [2.05, 4.69) is 15.3 Å². The number of aromatic nitrogens is 2. The number of nitrogens with two attached hydrogens (primary N) is 1. The molecule has 0 radical (unpaired) electrons. The van der Waals surface area contributed by atoms with E-state index in [0.717, 1.165) is 5.56 Å². The molecule has 7 heteroatoms. The van der Waals surface area contributed by atoms with Crippen LogP contribution in [0.15, 0.2) is 36.8 Å². The van der Waals surface area contributed by atoms with Gasteiger partial charge in [0.15, 0.2) is 0 Å². The number of hydrogen-bond acceptors (Lipinski definition) is 6. The van der Waals surface area contributed by atoms with E-state index in [1.54, 1.807) is 31.6 Å².